The first-order valence-corrected chi connectivity index (χ1v) is 10.2. The Morgan fingerprint density at radius 1 is 1.10 bits per heavy atom. The molecule has 154 valence electrons. The third kappa shape index (κ3) is 5.25. The van der Waals surface area contributed by atoms with E-state index >= 15 is 0 Å². The molecule has 2 aromatic rings. The highest BCUT2D eigenvalue weighted by Crippen LogP contribution is 2.32. The van der Waals surface area contributed by atoms with Gasteiger partial charge in [-0.2, -0.15) is 0 Å². The Balaban J connectivity index is 1.52. The lowest BCUT2D eigenvalue weighted by molar-refractivity contribution is -0.124. The van der Waals surface area contributed by atoms with E-state index < -0.39 is 11.8 Å². The molecule has 0 spiro atoms. The molecule has 3 rings (SSSR count). The van der Waals surface area contributed by atoms with E-state index in [1.807, 2.05) is 30.3 Å². The average molecular weight is 442 g/mol. The number of hydrazine groups is 1. The molecule has 1 heterocycles. The monoisotopic (exact) mass is 441 g/mol. The Bertz CT molecular complexity index is 1010. The first-order valence-electron chi connectivity index (χ1n) is 9.02. The molecule has 0 atom stereocenters. The standard InChI is InChI=1S/C21H19N3O4S2/c1-28-16-10-6-5-9-15(16)19(26)23-22-18(25)11-12-24-20(27)17(30-21(24)29)13-14-7-3-2-4-8-14/h2-10,13H,11-12H2,1H3,(H,22,25)(H,23,26)/b17-13-. The van der Waals surface area contributed by atoms with Crippen molar-refractivity contribution in [1.82, 2.24) is 15.8 Å². The minimum absolute atomic E-state index is 0.0166. The number of carbonyl (C=O) groups is 3. The van der Waals surface area contributed by atoms with Gasteiger partial charge in [-0.25, -0.2) is 0 Å². The molecule has 0 radical (unpaired) electrons. The Morgan fingerprint density at radius 3 is 2.53 bits per heavy atom. The van der Waals surface area contributed by atoms with E-state index in [1.54, 1.807) is 30.3 Å². The van der Waals surface area contributed by atoms with E-state index in [0.29, 0.717) is 20.5 Å². The minimum Gasteiger partial charge on any atom is -0.496 e. The van der Waals surface area contributed by atoms with Crippen LogP contribution in [0.25, 0.3) is 6.08 Å². The van der Waals surface area contributed by atoms with Gasteiger partial charge in [0.2, 0.25) is 5.91 Å². The van der Waals surface area contributed by atoms with Gasteiger partial charge in [0, 0.05) is 13.0 Å². The summed E-state index contributed by atoms with van der Waals surface area (Å²) >= 11 is 6.47. The lowest BCUT2D eigenvalue weighted by Crippen LogP contribution is -2.43. The second kappa shape index (κ2) is 10.0. The van der Waals surface area contributed by atoms with Gasteiger partial charge in [0.15, 0.2) is 0 Å². The van der Waals surface area contributed by atoms with Gasteiger partial charge in [-0.1, -0.05) is 66.4 Å². The van der Waals surface area contributed by atoms with Crippen molar-refractivity contribution >= 4 is 52.1 Å². The number of thioether (sulfide) groups is 1. The van der Waals surface area contributed by atoms with Crippen molar-refractivity contribution < 1.29 is 19.1 Å². The van der Waals surface area contributed by atoms with Crippen molar-refractivity contribution in [3.63, 3.8) is 0 Å². The van der Waals surface area contributed by atoms with E-state index in [2.05, 4.69) is 10.9 Å². The van der Waals surface area contributed by atoms with Gasteiger partial charge in [-0.3, -0.25) is 30.1 Å². The minimum atomic E-state index is -0.503. The summed E-state index contributed by atoms with van der Waals surface area (Å²) in [6, 6.07) is 16.1. The van der Waals surface area contributed by atoms with Crippen molar-refractivity contribution in [1.29, 1.82) is 0 Å². The third-order valence-electron chi connectivity index (χ3n) is 4.20. The van der Waals surface area contributed by atoms with Crippen LogP contribution >= 0.6 is 24.0 Å². The van der Waals surface area contributed by atoms with Gasteiger partial charge in [0.05, 0.1) is 17.6 Å². The number of nitrogens with zero attached hydrogens (tertiary/aromatic N) is 1. The van der Waals surface area contributed by atoms with Crippen LogP contribution in [0.4, 0.5) is 0 Å². The average Bonchev–Trinajstić information content (AvgIpc) is 3.03. The molecule has 30 heavy (non-hydrogen) atoms. The molecular formula is C21H19N3O4S2. The maximum Gasteiger partial charge on any atom is 0.273 e. The van der Waals surface area contributed by atoms with Crippen LogP contribution in [0, 0.1) is 0 Å². The Kier molecular flexibility index (Phi) is 7.21. The van der Waals surface area contributed by atoms with E-state index in [-0.39, 0.29) is 18.9 Å². The second-order valence-electron chi connectivity index (χ2n) is 6.20. The lowest BCUT2D eigenvalue weighted by Gasteiger charge is -2.14. The van der Waals surface area contributed by atoms with E-state index in [9.17, 15) is 14.4 Å². The molecule has 3 amide bonds. The first-order chi connectivity index (χ1) is 14.5. The third-order valence-corrected chi connectivity index (χ3v) is 5.58. The number of rotatable bonds is 6. The highest BCUT2D eigenvalue weighted by molar-refractivity contribution is 8.26. The van der Waals surface area contributed by atoms with E-state index in [0.717, 1.165) is 5.56 Å². The van der Waals surface area contributed by atoms with Crippen LogP contribution in [0.15, 0.2) is 59.5 Å². The quantitative estimate of drug-likeness (QED) is 0.407. The number of methoxy groups -OCH3 is 1. The predicted molar refractivity (Wildman–Crippen MR) is 120 cm³/mol. The van der Waals surface area contributed by atoms with Gasteiger partial charge < -0.3 is 4.74 Å². The molecule has 7 nitrogen and oxygen atoms in total. The van der Waals surface area contributed by atoms with E-state index in [4.69, 9.17) is 17.0 Å². The molecule has 0 saturated carbocycles. The molecule has 1 saturated heterocycles. The summed E-state index contributed by atoms with van der Waals surface area (Å²) in [5.74, 6) is -0.789. The lowest BCUT2D eigenvalue weighted by atomic mass is 10.2. The van der Waals surface area contributed by atoms with Gasteiger partial charge in [0.1, 0.15) is 10.1 Å². The molecule has 1 aliphatic heterocycles. The smallest absolute Gasteiger partial charge is 0.273 e. The van der Waals surface area contributed by atoms with Gasteiger partial charge in [-0.15, -0.1) is 0 Å². The number of benzene rings is 2. The molecule has 2 aromatic carbocycles. The molecule has 0 bridgehead atoms. The van der Waals surface area contributed by atoms with Crippen molar-refractivity contribution in [2.45, 2.75) is 6.42 Å². The summed E-state index contributed by atoms with van der Waals surface area (Å²) in [5.41, 5.74) is 5.87. The number of hydrogen-bond acceptors (Lipinski definition) is 6. The zero-order chi connectivity index (χ0) is 21.5. The van der Waals surface area contributed by atoms with Gasteiger partial charge >= 0.3 is 0 Å². The van der Waals surface area contributed by atoms with Crippen LogP contribution in [-0.2, 0) is 9.59 Å². The maximum absolute atomic E-state index is 12.6. The van der Waals surface area contributed by atoms with Crippen LogP contribution in [0.5, 0.6) is 5.75 Å². The molecule has 2 N–H and O–H groups in total. The molecule has 9 heteroatoms. The van der Waals surface area contributed by atoms with Crippen molar-refractivity contribution in [3.05, 3.63) is 70.6 Å². The Hall–Kier alpha value is -3.17. The summed E-state index contributed by atoms with van der Waals surface area (Å²) < 4.78 is 5.52. The second-order valence-corrected chi connectivity index (χ2v) is 7.87. The zero-order valence-electron chi connectivity index (χ0n) is 16.1. The van der Waals surface area contributed by atoms with Crippen molar-refractivity contribution in [2.75, 3.05) is 13.7 Å². The van der Waals surface area contributed by atoms with Gasteiger partial charge in [0.25, 0.3) is 11.8 Å². The number of ether oxygens (including phenoxy) is 1. The fraction of sp³-hybridized carbons (Fsp3) is 0.143. The number of hydrogen-bond donors (Lipinski definition) is 2. The fourth-order valence-electron chi connectivity index (χ4n) is 2.70. The summed E-state index contributed by atoms with van der Waals surface area (Å²) in [6.45, 7) is 0.118. The molecule has 1 aliphatic rings. The molecule has 0 aromatic heterocycles. The Labute approximate surface area is 183 Å². The summed E-state index contributed by atoms with van der Waals surface area (Å²) in [5, 5.41) is 0. The Morgan fingerprint density at radius 2 is 1.80 bits per heavy atom. The highest BCUT2D eigenvalue weighted by Gasteiger charge is 2.32. The molecule has 0 aliphatic carbocycles. The maximum atomic E-state index is 12.6. The SMILES string of the molecule is COc1ccccc1C(=O)NNC(=O)CCN1C(=O)/C(=C/c2ccccc2)SC1=S. The van der Waals surface area contributed by atoms with E-state index in [1.165, 1.54) is 23.8 Å². The topological polar surface area (TPSA) is 87.7 Å². The van der Waals surface area contributed by atoms with Crippen LogP contribution in [0.2, 0.25) is 0 Å². The van der Waals surface area contributed by atoms with Crippen LogP contribution in [-0.4, -0.2) is 40.6 Å². The summed E-state index contributed by atoms with van der Waals surface area (Å²) in [6.07, 6.45) is 1.75. The molecular weight excluding hydrogens is 422 g/mol. The highest BCUT2D eigenvalue weighted by atomic mass is 32.2. The van der Waals surface area contributed by atoms with Crippen LogP contribution < -0.4 is 15.6 Å². The van der Waals surface area contributed by atoms with Crippen LogP contribution in [0.1, 0.15) is 22.3 Å². The number of amides is 3. The molecule has 0 unspecified atom stereocenters. The van der Waals surface area contributed by atoms with Crippen molar-refractivity contribution in [2.24, 2.45) is 0 Å². The summed E-state index contributed by atoms with van der Waals surface area (Å²) in [4.78, 5) is 38.8. The zero-order valence-corrected chi connectivity index (χ0v) is 17.7. The number of carbonyl (C=O) groups excluding carboxylic acids is 3. The van der Waals surface area contributed by atoms with Crippen LogP contribution in [0.3, 0.4) is 0 Å². The number of thiocarbonyl (C=S) groups is 1. The number of nitrogens with one attached hydrogen (secondary N) is 2. The first kappa shape index (κ1) is 21.5. The summed E-state index contributed by atoms with van der Waals surface area (Å²) in [7, 11) is 1.46. The molecule has 1 fully saturated rings. The number of para-hydroxylation sites is 1. The van der Waals surface area contributed by atoms with Crippen molar-refractivity contribution in [3.8, 4) is 5.75 Å². The largest absolute Gasteiger partial charge is 0.496 e. The normalized spacial score (nSPS) is 14.7. The fourth-order valence-corrected chi connectivity index (χ4v) is 4.00. The van der Waals surface area contributed by atoms with Gasteiger partial charge in [-0.05, 0) is 23.8 Å². The predicted octanol–water partition coefficient (Wildman–Crippen LogP) is 2.75.